The van der Waals surface area contributed by atoms with Gasteiger partial charge in [0.15, 0.2) is 6.73 Å². The van der Waals surface area contributed by atoms with E-state index in [2.05, 4.69) is 20.5 Å². The number of amides is 1. The second-order valence-electron chi connectivity index (χ2n) is 1.77. The summed E-state index contributed by atoms with van der Waals surface area (Å²) in [4.78, 5) is 15.1. The highest BCUT2D eigenvalue weighted by Gasteiger charge is 2.05. The number of carbonyl (C=O) groups excluding carboxylic acids is 1. The number of nitrogens with zero attached hydrogens (tertiary/aromatic N) is 1. The molecule has 0 fully saturated rings. The quantitative estimate of drug-likeness (QED) is 0.570. The van der Waals surface area contributed by atoms with E-state index < -0.39 is 6.09 Å². The van der Waals surface area contributed by atoms with Gasteiger partial charge in [-0.05, 0) is 0 Å². The van der Waals surface area contributed by atoms with E-state index in [4.69, 9.17) is 0 Å². The van der Waals surface area contributed by atoms with E-state index in [-0.39, 0.29) is 6.73 Å². The molecule has 0 bridgehead atoms. The van der Waals surface area contributed by atoms with E-state index in [1.807, 2.05) is 0 Å². The number of carbonyl (C=O) groups is 1. The van der Waals surface area contributed by atoms with Crippen molar-refractivity contribution in [3.63, 3.8) is 0 Å². The van der Waals surface area contributed by atoms with Crippen LogP contribution in [0.2, 0.25) is 0 Å². The summed E-state index contributed by atoms with van der Waals surface area (Å²) in [6.07, 6.45) is 2.56. The molecule has 2 N–H and O–H groups in total. The fourth-order valence-corrected chi connectivity index (χ4v) is 0.502. The number of nitrogens with one attached hydrogen (secondary N) is 2. The average molecular weight is 159 g/mol. The maximum atomic E-state index is 10.5. The molecule has 1 aliphatic rings. The summed E-state index contributed by atoms with van der Waals surface area (Å²) >= 11 is 0. The molecule has 0 saturated heterocycles. The predicted molar refractivity (Wildman–Crippen MR) is 35.6 cm³/mol. The zero-order chi connectivity index (χ0) is 8.10. The number of rotatable bonds is 2. The highest BCUT2D eigenvalue weighted by atomic mass is 16.7. The first-order valence-corrected chi connectivity index (χ1v) is 3.02. The molecule has 0 atom stereocenters. The molecule has 0 aliphatic carbocycles. The number of hydrazine groups is 1. The van der Waals surface area contributed by atoms with E-state index >= 15 is 0 Å². The SMILES string of the molecule is CNC(=O)OCN1C=CON1. The highest BCUT2D eigenvalue weighted by Crippen LogP contribution is 1.93. The average Bonchev–Trinajstić information content (AvgIpc) is 2.52. The van der Waals surface area contributed by atoms with Crippen LogP contribution in [0.15, 0.2) is 12.5 Å². The fourth-order valence-electron chi connectivity index (χ4n) is 0.502. The van der Waals surface area contributed by atoms with Gasteiger partial charge in [-0.1, -0.05) is 5.59 Å². The van der Waals surface area contributed by atoms with Gasteiger partial charge in [-0.15, -0.1) is 0 Å². The number of hydrogen-bond donors (Lipinski definition) is 2. The molecule has 0 unspecified atom stereocenters. The van der Waals surface area contributed by atoms with Crippen molar-refractivity contribution in [3.8, 4) is 0 Å². The van der Waals surface area contributed by atoms with Crippen LogP contribution in [0.1, 0.15) is 0 Å². The Balaban J connectivity index is 2.11. The van der Waals surface area contributed by atoms with Crippen molar-refractivity contribution in [3.05, 3.63) is 12.5 Å². The Morgan fingerprint density at radius 1 is 1.91 bits per heavy atom. The van der Waals surface area contributed by atoms with Crippen LogP contribution in [0.3, 0.4) is 0 Å². The van der Waals surface area contributed by atoms with Gasteiger partial charge in [0.25, 0.3) is 0 Å². The van der Waals surface area contributed by atoms with Crippen LogP contribution < -0.4 is 10.9 Å². The second kappa shape index (κ2) is 3.67. The predicted octanol–water partition coefficient (Wildman–Crippen LogP) is -0.477. The zero-order valence-electron chi connectivity index (χ0n) is 6.03. The van der Waals surface area contributed by atoms with Crippen molar-refractivity contribution < 1.29 is 14.4 Å². The molecule has 0 spiro atoms. The molecule has 6 heteroatoms. The lowest BCUT2D eigenvalue weighted by molar-refractivity contribution is -0.0179. The van der Waals surface area contributed by atoms with E-state index in [0.29, 0.717) is 0 Å². The minimum Gasteiger partial charge on any atom is -0.427 e. The van der Waals surface area contributed by atoms with Crippen LogP contribution in [0.5, 0.6) is 0 Å². The van der Waals surface area contributed by atoms with E-state index in [1.54, 1.807) is 6.20 Å². The van der Waals surface area contributed by atoms with E-state index in [9.17, 15) is 4.79 Å². The first-order valence-electron chi connectivity index (χ1n) is 3.02. The molecular weight excluding hydrogens is 150 g/mol. The Kier molecular flexibility index (Phi) is 2.56. The van der Waals surface area contributed by atoms with Crippen molar-refractivity contribution >= 4 is 6.09 Å². The van der Waals surface area contributed by atoms with E-state index in [1.165, 1.54) is 18.3 Å². The Morgan fingerprint density at radius 2 is 2.73 bits per heavy atom. The number of ether oxygens (including phenoxy) is 1. The third kappa shape index (κ3) is 2.34. The topological polar surface area (TPSA) is 62.8 Å². The monoisotopic (exact) mass is 159 g/mol. The minimum atomic E-state index is -0.480. The molecule has 1 amide bonds. The van der Waals surface area contributed by atoms with Gasteiger partial charge in [-0.2, -0.15) is 0 Å². The summed E-state index contributed by atoms with van der Waals surface area (Å²) in [7, 11) is 1.49. The smallest absolute Gasteiger partial charge is 0.408 e. The Morgan fingerprint density at radius 3 is 3.27 bits per heavy atom. The van der Waals surface area contributed by atoms with Crippen LogP contribution in [-0.2, 0) is 9.57 Å². The highest BCUT2D eigenvalue weighted by molar-refractivity contribution is 5.66. The van der Waals surface area contributed by atoms with Crippen LogP contribution >= 0.6 is 0 Å². The molecule has 0 saturated carbocycles. The molecule has 0 radical (unpaired) electrons. The van der Waals surface area contributed by atoms with Gasteiger partial charge in [-0.3, -0.25) is 0 Å². The molecule has 62 valence electrons. The molecule has 6 nitrogen and oxygen atoms in total. The third-order valence-electron chi connectivity index (χ3n) is 1.02. The van der Waals surface area contributed by atoms with Gasteiger partial charge >= 0.3 is 6.09 Å². The summed E-state index contributed by atoms with van der Waals surface area (Å²) in [6, 6.07) is 0. The van der Waals surface area contributed by atoms with E-state index in [0.717, 1.165) is 0 Å². The third-order valence-corrected chi connectivity index (χ3v) is 1.02. The molecule has 0 aromatic heterocycles. The summed E-state index contributed by atoms with van der Waals surface area (Å²) < 4.78 is 4.66. The van der Waals surface area contributed by atoms with Crippen molar-refractivity contribution in [2.45, 2.75) is 0 Å². The lowest BCUT2D eigenvalue weighted by atomic mass is 10.9. The first kappa shape index (κ1) is 7.67. The largest absolute Gasteiger partial charge is 0.427 e. The van der Waals surface area contributed by atoms with Gasteiger partial charge in [0.2, 0.25) is 0 Å². The first-order chi connectivity index (χ1) is 5.33. The second-order valence-corrected chi connectivity index (χ2v) is 1.77. The van der Waals surface area contributed by atoms with Crippen LogP contribution in [-0.4, -0.2) is 24.9 Å². The lowest BCUT2D eigenvalue weighted by Gasteiger charge is -2.12. The van der Waals surface area contributed by atoms with Crippen molar-refractivity contribution in [1.82, 2.24) is 15.9 Å². The van der Waals surface area contributed by atoms with Crippen LogP contribution in [0.4, 0.5) is 4.79 Å². The maximum absolute atomic E-state index is 10.5. The summed E-state index contributed by atoms with van der Waals surface area (Å²) in [5.74, 6) is 0. The number of hydrogen-bond acceptors (Lipinski definition) is 5. The Labute approximate surface area is 63.7 Å². The summed E-state index contributed by atoms with van der Waals surface area (Å²) in [5, 5.41) is 3.78. The van der Waals surface area contributed by atoms with Gasteiger partial charge < -0.3 is 14.9 Å². The van der Waals surface area contributed by atoms with Gasteiger partial charge in [-0.25, -0.2) is 9.80 Å². The molecule has 11 heavy (non-hydrogen) atoms. The minimum absolute atomic E-state index is 0.107. The molecule has 0 aromatic rings. The molecule has 1 heterocycles. The zero-order valence-corrected chi connectivity index (χ0v) is 6.03. The van der Waals surface area contributed by atoms with Gasteiger partial charge in [0.05, 0.1) is 6.20 Å². The summed E-state index contributed by atoms with van der Waals surface area (Å²) in [6.45, 7) is 0.107. The number of alkyl carbamates (subject to hydrolysis) is 1. The van der Waals surface area contributed by atoms with Crippen molar-refractivity contribution in [1.29, 1.82) is 0 Å². The molecular formula is C5H9N3O3. The lowest BCUT2D eigenvalue weighted by Crippen LogP contribution is -2.33. The maximum Gasteiger partial charge on any atom is 0.408 e. The standard InChI is InChI=1S/C5H9N3O3/c1-6-5(9)10-4-8-2-3-11-7-8/h2-3,7H,4H2,1H3,(H,6,9). The molecule has 0 aromatic carbocycles. The normalized spacial score (nSPS) is 14.5. The van der Waals surface area contributed by atoms with Crippen LogP contribution in [0.25, 0.3) is 0 Å². The van der Waals surface area contributed by atoms with Gasteiger partial charge in [0, 0.05) is 7.05 Å². The van der Waals surface area contributed by atoms with Crippen molar-refractivity contribution in [2.75, 3.05) is 13.8 Å². The molecule has 1 aliphatic heterocycles. The Bertz CT molecular complexity index is 170. The summed E-state index contributed by atoms with van der Waals surface area (Å²) in [5.41, 5.74) is 2.45. The Hall–Kier alpha value is -1.43. The fraction of sp³-hybridized carbons (Fsp3) is 0.400. The molecule has 1 rings (SSSR count). The van der Waals surface area contributed by atoms with Crippen LogP contribution in [0, 0.1) is 0 Å². The van der Waals surface area contributed by atoms with Gasteiger partial charge in [0.1, 0.15) is 6.26 Å². The van der Waals surface area contributed by atoms with Crippen molar-refractivity contribution in [2.24, 2.45) is 0 Å².